The number of thiophene rings is 1. The zero-order valence-corrected chi connectivity index (χ0v) is 16.5. The molecule has 3 rings (SSSR count). The van der Waals surface area contributed by atoms with Crippen molar-refractivity contribution in [1.82, 2.24) is 20.4 Å². The molecule has 26 heavy (non-hydrogen) atoms. The molecule has 1 aliphatic heterocycles. The van der Waals surface area contributed by atoms with Crippen LogP contribution in [0.1, 0.15) is 33.6 Å². The zero-order valence-electron chi connectivity index (χ0n) is 15.6. The Kier molecular flexibility index (Phi) is 6.05. The molecule has 2 aromatic heterocycles. The third kappa shape index (κ3) is 4.49. The first-order valence-electron chi connectivity index (χ1n) is 8.96. The van der Waals surface area contributed by atoms with E-state index in [0.29, 0.717) is 11.7 Å². The van der Waals surface area contributed by atoms with E-state index in [1.807, 2.05) is 30.7 Å². The van der Waals surface area contributed by atoms with Crippen LogP contribution in [0.2, 0.25) is 0 Å². The highest BCUT2D eigenvalue weighted by Gasteiger charge is 2.34. The molecule has 0 saturated carbocycles. The van der Waals surface area contributed by atoms with Crippen molar-refractivity contribution < 1.29 is 14.1 Å². The minimum absolute atomic E-state index is 0.0171. The third-order valence-corrected chi connectivity index (χ3v) is 5.09. The summed E-state index contributed by atoms with van der Waals surface area (Å²) in [7, 11) is 0. The molecule has 1 saturated heterocycles. The van der Waals surface area contributed by atoms with Crippen LogP contribution >= 0.6 is 11.3 Å². The monoisotopic (exact) mass is 378 g/mol. The van der Waals surface area contributed by atoms with Gasteiger partial charge in [0.15, 0.2) is 0 Å². The Morgan fingerprint density at radius 2 is 2.12 bits per heavy atom. The van der Waals surface area contributed by atoms with Crippen LogP contribution in [0.4, 0.5) is 0 Å². The van der Waals surface area contributed by atoms with Gasteiger partial charge < -0.3 is 14.6 Å². The Labute approximate surface area is 157 Å². The van der Waals surface area contributed by atoms with E-state index in [1.54, 1.807) is 11.3 Å². The number of carbonyl (C=O) groups is 1. The fourth-order valence-corrected chi connectivity index (χ4v) is 4.07. The van der Waals surface area contributed by atoms with E-state index >= 15 is 0 Å². The number of amides is 1. The fourth-order valence-electron chi connectivity index (χ4n) is 3.44. The summed E-state index contributed by atoms with van der Waals surface area (Å²) < 4.78 is 11.0. The number of nitrogens with zero attached hydrogens (tertiary/aromatic N) is 3. The van der Waals surface area contributed by atoms with Crippen molar-refractivity contribution in [3.63, 3.8) is 0 Å². The lowest BCUT2D eigenvalue weighted by molar-refractivity contribution is -0.135. The molecule has 1 aliphatic rings. The highest BCUT2D eigenvalue weighted by Crippen LogP contribution is 2.20. The lowest BCUT2D eigenvalue weighted by Gasteiger charge is -2.40. The second-order valence-electron chi connectivity index (χ2n) is 7.14. The summed E-state index contributed by atoms with van der Waals surface area (Å²) in [6.45, 7) is 9.96. The van der Waals surface area contributed by atoms with Gasteiger partial charge in [-0.15, -0.1) is 0 Å². The van der Waals surface area contributed by atoms with Crippen LogP contribution in [0.25, 0.3) is 11.4 Å². The van der Waals surface area contributed by atoms with Crippen molar-refractivity contribution in [2.45, 2.75) is 52.5 Å². The van der Waals surface area contributed by atoms with Gasteiger partial charge in [0.25, 0.3) is 0 Å². The lowest BCUT2D eigenvalue weighted by atomic mass is 9.99. The molecule has 3 heterocycles. The van der Waals surface area contributed by atoms with Crippen LogP contribution in [0.15, 0.2) is 21.3 Å². The van der Waals surface area contributed by atoms with Gasteiger partial charge in [-0.2, -0.15) is 16.3 Å². The molecule has 0 aliphatic carbocycles. The maximum absolute atomic E-state index is 12.8. The first-order valence-corrected chi connectivity index (χ1v) is 9.90. The molecule has 0 radical (unpaired) electrons. The minimum atomic E-state index is -0.205. The molecule has 0 aromatic carbocycles. The van der Waals surface area contributed by atoms with Crippen molar-refractivity contribution in [1.29, 1.82) is 0 Å². The van der Waals surface area contributed by atoms with Crippen LogP contribution < -0.4 is 5.32 Å². The molecule has 7 nitrogen and oxygen atoms in total. The van der Waals surface area contributed by atoms with Crippen LogP contribution in [0.3, 0.4) is 0 Å². The van der Waals surface area contributed by atoms with Crippen molar-refractivity contribution in [2.75, 3.05) is 13.1 Å². The predicted octanol–water partition coefficient (Wildman–Crippen LogP) is 2.55. The van der Waals surface area contributed by atoms with E-state index in [9.17, 15) is 4.79 Å². The van der Waals surface area contributed by atoms with E-state index < -0.39 is 0 Å². The number of hydrogen-bond acceptors (Lipinski definition) is 7. The molecule has 142 valence electrons. The minimum Gasteiger partial charge on any atom is -0.373 e. The first-order chi connectivity index (χ1) is 12.4. The van der Waals surface area contributed by atoms with Crippen molar-refractivity contribution in [3.8, 4) is 11.4 Å². The van der Waals surface area contributed by atoms with Gasteiger partial charge in [-0.25, -0.2) is 0 Å². The number of aromatic nitrogens is 2. The molecule has 0 bridgehead atoms. The summed E-state index contributed by atoms with van der Waals surface area (Å²) in [5.41, 5.74) is 0.924. The second-order valence-corrected chi connectivity index (χ2v) is 7.92. The number of carbonyl (C=O) groups excluding carboxylic acids is 1. The maximum Gasteiger partial charge on any atom is 0.246 e. The first kappa shape index (κ1) is 19.0. The standard InChI is InChI=1S/C18H26N4O3S/c1-11(2)16(22-8-12(3)24-13(4)9-22)18(23)19-7-15-20-17(21-25-15)14-5-6-26-10-14/h5-6,10-13,16H,7-9H2,1-4H3,(H,19,23). The normalized spacial score (nSPS) is 22.5. The van der Waals surface area contributed by atoms with Crippen LogP contribution in [-0.4, -0.2) is 52.3 Å². The highest BCUT2D eigenvalue weighted by molar-refractivity contribution is 7.08. The maximum atomic E-state index is 12.8. The van der Waals surface area contributed by atoms with Crippen molar-refractivity contribution >= 4 is 17.2 Å². The average molecular weight is 378 g/mol. The van der Waals surface area contributed by atoms with E-state index in [4.69, 9.17) is 9.26 Å². The number of morpholine rings is 1. The Morgan fingerprint density at radius 3 is 2.73 bits per heavy atom. The number of ether oxygens (including phenoxy) is 1. The summed E-state index contributed by atoms with van der Waals surface area (Å²) in [4.78, 5) is 19.4. The molecular weight excluding hydrogens is 352 g/mol. The topological polar surface area (TPSA) is 80.5 Å². The van der Waals surface area contributed by atoms with Gasteiger partial charge in [-0.1, -0.05) is 19.0 Å². The Balaban J connectivity index is 1.61. The molecule has 3 unspecified atom stereocenters. The van der Waals surface area contributed by atoms with Gasteiger partial charge in [0.1, 0.15) is 0 Å². The van der Waals surface area contributed by atoms with Crippen molar-refractivity contribution in [2.24, 2.45) is 5.92 Å². The quantitative estimate of drug-likeness (QED) is 0.832. The molecule has 1 amide bonds. The number of nitrogens with one attached hydrogen (secondary N) is 1. The van der Waals surface area contributed by atoms with Crippen molar-refractivity contribution in [3.05, 3.63) is 22.7 Å². The summed E-state index contributed by atoms with van der Waals surface area (Å²) in [5.74, 6) is 1.13. The molecule has 3 atom stereocenters. The fraction of sp³-hybridized carbons (Fsp3) is 0.611. The van der Waals surface area contributed by atoms with E-state index in [2.05, 4.69) is 34.2 Å². The smallest absolute Gasteiger partial charge is 0.246 e. The van der Waals surface area contributed by atoms with Gasteiger partial charge in [0.05, 0.1) is 24.8 Å². The summed E-state index contributed by atoms with van der Waals surface area (Å²) >= 11 is 1.58. The summed E-state index contributed by atoms with van der Waals surface area (Å²) in [5, 5.41) is 10.8. The number of hydrogen-bond donors (Lipinski definition) is 1. The Hall–Kier alpha value is -1.77. The molecule has 1 fully saturated rings. The van der Waals surface area contributed by atoms with Gasteiger partial charge in [0.2, 0.25) is 17.6 Å². The number of rotatable bonds is 6. The van der Waals surface area contributed by atoms with Crippen LogP contribution in [0, 0.1) is 5.92 Å². The third-order valence-electron chi connectivity index (χ3n) is 4.40. The molecule has 0 spiro atoms. The lowest BCUT2D eigenvalue weighted by Crippen LogP contribution is -2.56. The summed E-state index contributed by atoms with van der Waals surface area (Å²) in [6.07, 6.45) is 0.244. The van der Waals surface area contributed by atoms with Gasteiger partial charge in [-0.3, -0.25) is 9.69 Å². The van der Waals surface area contributed by atoms with Gasteiger partial charge in [0, 0.05) is 24.0 Å². The average Bonchev–Trinajstić information content (AvgIpc) is 3.23. The molecule has 1 N–H and O–H groups in total. The molecule has 2 aromatic rings. The van der Waals surface area contributed by atoms with Gasteiger partial charge >= 0.3 is 0 Å². The van der Waals surface area contributed by atoms with Crippen LogP contribution in [0.5, 0.6) is 0 Å². The van der Waals surface area contributed by atoms with E-state index in [-0.39, 0.29) is 36.6 Å². The Bertz CT molecular complexity index is 706. The summed E-state index contributed by atoms with van der Waals surface area (Å²) in [6, 6.07) is 1.73. The van der Waals surface area contributed by atoms with E-state index in [1.165, 1.54) is 0 Å². The van der Waals surface area contributed by atoms with E-state index in [0.717, 1.165) is 18.7 Å². The molecular formula is C18H26N4O3S. The SMILES string of the molecule is CC1CN(C(C(=O)NCc2nc(-c3ccsc3)no2)C(C)C)CC(C)O1. The largest absolute Gasteiger partial charge is 0.373 e. The Morgan fingerprint density at radius 1 is 1.38 bits per heavy atom. The zero-order chi connectivity index (χ0) is 18.7. The second kappa shape index (κ2) is 8.28. The predicted molar refractivity (Wildman–Crippen MR) is 99.7 cm³/mol. The van der Waals surface area contributed by atoms with Crippen LogP contribution in [-0.2, 0) is 16.1 Å². The van der Waals surface area contributed by atoms with Gasteiger partial charge in [-0.05, 0) is 31.2 Å². The molecule has 8 heteroatoms. The highest BCUT2D eigenvalue weighted by atomic mass is 32.1.